The summed E-state index contributed by atoms with van der Waals surface area (Å²) in [5, 5.41) is 0. The molecule has 1 amide bonds. The van der Waals surface area contributed by atoms with Crippen molar-refractivity contribution in [2.24, 2.45) is 0 Å². The van der Waals surface area contributed by atoms with Crippen molar-refractivity contribution >= 4 is 11.6 Å². The summed E-state index contributed by atoms with van der Waals surface area (Å²) >= 11 is 0. The number of hydrogen-bond acceptors (Lipinski definition) is 3. The summed E-state index contributed by atoms with van der Waals surface area (Å²) in [5.41, 5.74) is 3.39. The smallest absolute Gasteiger partial charge is 0.260 e. The van der Waals surface area contributed by atoms with Crippen LogP contribution in [-0.2, 0) is 4.74 Å². The Hall–Kier alpha value is -1.69. The van der Waals surface area contributed by atoms with Crippen LogP contribution in [0.5, 0.6) is 0 Å². The fraction of sp³-hybridized carbons (Fsp3) is 0.533. The molecule has 0 aromatic heterocycles. The van der Waals surface area contributed by atoms with Gasteiger partial charge in [0.15, 0.2) is 5.82 Å². The lowest BCUT2D eigenvalue weighted by Gasteiger charge is -2.47. The monoisotopic (exact) mass is 298 g/mol. The van der Waals surface area contributed by atoms with Gasteiger partial charge in [-0.05, 0) is 39.8 Å². The van der Waals surface area contributed by atoms with Crippen molar-refractivity contribution in [2.75, 3.05) is 18.8 Å². The zero-order valence-electron chi connectivity index (χ0n) is 12.7. The minimum atomic E-state index is -1.01. The first-order chi connectivity index (χ1) is 9.52. The normalized spacial score (nSPS) is 20.4. The second-order valence-electron chi connectivity index (χ2n) is 6.61. The number of rotatable bonds is 1. The molecule has 1 fully saturated rings. The van der Waals surface area contributed by atoms with E-state index in [4.69, 9.17) is 10.5 Å². The van der Waals surface area contributed by atoms with Gasteiger partial charge in [-0.2, -0.15) is 0 Å². The van der Waals surface area contributed by atoms with Crippen molar-refractivity contribution in [3.05, 3.63) is 29.3 Å². The zero-order chi connectivity index (χ0) is 16.0. The minimum absolute atomic E-state index is 0.244. The van der Waals surface area contributed by atoms with E-state index in [9.17, 15) is 13.6 Å². The molecular formula is C15H20F2N2O2. The van der Waals surface area contributed by atoms with Gasteiger partial charge in [-0.1, -0.05) is 0 Å². The summed E-state index contributed by atoms with van der Waals surface area (Å²) in [4.78, 5) is 13.9. The SMILES string of the molecule is CC1(C)CN(C(=O)c2c(F)ccc(N)c2F)CC(C)(C)O1. The Kier molecular flexibility index (Phi) is 3.70. The van der Waals surface area contributed by atoms with Crippen LogP contribution in [0.2, 0.25) is 0 Å². The van der Waals surface area contributed by atoms with Crippen LogP contribution in [0.1, 0.15) is 38.1 Å². The highest BCUT2D eigenvalue weighted by atomic mass is 19.1. The lowest BCUT2D eigenvalue weighted by atomic mass is 9.98. The van der Waals surface area contributed by atoms with Crippen LogP contribution in [0.3, 0.4) is 0 Å². The topological polar surface area (TPSA) is 55.6 Å². The summed E-state index contributed by atoms with van der Waals surface area (Å²) < 4.78 is 33.7. The van der Waals surface area contributed by atoms with Gasteiger partial charge in [0.25, 0.3) is 5.91 Å². The van der Waals surface area contributed by atoms with Gasteiger partial charge in [0, 0.05) is 13.1 Å². The van der Waals surface area contributed by atoms with Gasteiger partial charge in [0.05, 0.1) is 16.9 Å². The molecule has 116 valence electrons. The number of halogens is 2. The molecule has 1 saturated heterocycles. The summed E-state index contributed by atoms with van der Waals surface area (Å²) in [6, 6.07) is 2.11. The Balaban J connectivity index is 2.39. The molecule has 0 saturated carbocycles. The first kappa shape index (κ1) is 15.7. The molecular weight excluding hydrogens is 278 g/mol. The van der Waals surface area contributed by atoms with Gasteiger partial charge in [0.1, 0.15) is 11.4 Å². The van der Waals surface area contributed by atoms with Crippen LogP contribution in [0.4, 0.5) is 14.5 Å². The molecule has 0 unspecified atom stereocenters. The van der Waals surface area contributed by atoms with Crippen LogP contribution < -0.4 is 5.73 Å². The largest absolute Gasteiger partial charge is 0.396 e. The molecule has 1 aliphatic heterocycles. The Labute approximate surface area is 122 Å². The third-order valence-corrected chi connectivity index (χ3v) is 3.32. The molecule has 0 bridgehead atoms. The molecule has 4 nitrogen and oxygen atoms in total. The van der Waals surface area contributed by atoms with E-state index in [0.717, 1.165) is 12.1 Å². The maximum Gasteiger partial charge on any atom is 0.260 e. The highest BCUT2D eigenvalue weighted by Gasteiger charge is 2.41. The Morgan fingerprint density at radius 1 is 1.19 bits per heavy atom. The average Bonchev–Trinajstić information content (AvgIpc) is 2.30. The van der Waals surface area contributed by atoms with Crippen LogP contribution in [0.25, 0.3) is 0 Å². The van der Waals surface area contributed by atoms with Crippen LogP contribution in [0.15, 0.2) is 12.1 Å². The fourth-order valence-electron chi connectivity index (χ4n) is 2.85. The first-order valence-electron chi connectivity index (χ1n) is 6.75. The number of amides is 1. The number of nitrogen functional groups attached to an aromatic ring is 1. The molecule has 21 heavy (non-hydrogen) atoms. The minimum Gasteiger partial charge on any atom is -0.396 e. The van der Waals surface area contributed by atoms with Crippen molar-refractivity contribution in [1.29, 1.82) is 0 Å². The number of ether oxygens (including phenoxy) is 1. The van der Waals surface area contributed by atoms with Crippen LogP contribution >= 0.6 is 0 Å². The number of nitrogens with two attached hydrogens (primary N) is 1. The van der Waals surface area contributed by atoms with E-state index in [1.165, 1.54) is 4.90 Å². The van der Waals surface area contributed by atoms with E-state index < -0.39 is 34.3 Å². The lowest BCUT2D eigenvalue weighted by Crippen LogP contribution is -2.58. The Morgan fingerprint density at radius 3 is 2.24 bits per heavy atom. The van der Waals surface area contributed by atoms with Crippen molar-refractivity contribution in [3.8, 4) is 0 Å². The molecule has 1 aromatic rings. The second kappa shape index (κ2) is 4.94. The quantitative estimate of drug-likeness (QED) is 0.811. The molecule has 0 atom stereocenters. The third-order valence-electron chi connectivity index (χ3n) is 3.32. The van der Waals surface area contributed by atoms with E-state index >= 15 is 0 Å². The number of carbonyl (C=O) groups excluding carboxylic acids is 1. The van der Waals surface area contributed by atoms with Crippen LogP contribution in [-0.4, -0.2) is 35.1 Å². The molecule has 2 N–H and O–H groups in total. The molecule has 6 heteroatoms. The number of anilines is 1. The standard InChI is InChI=1S/C15H20F2N2O2/c1-14(2)7-19(8-15(3,4)21-14)13(20)11-9(16)5-6-10(18)12(11)17/h5-6H,7-8,18H2,1-4H3. The van der Waals surface area contributed by atoms with Gasteiger partial charge < -0.3 is 15.4 Å². The summed E-state index contributed by atoms with van der Waals surface area (Å²) in [6.07, 6.45) is 0. The van der Waals surface area contributed by atoms with Crippen molar-refractivity contribution < 1.29 is 18.3 Å². The van der Waals surface area contributed by atoms with E-state index in [2.05, 4.69) is 0 Å². The molecule has 1 aromatic carbocycles. The summed E-state index contributed by atoms with van der Waals surface area (Å²) in [5.74, 6) is -2.63. The molecule has 1 aliphatic rings. The predicted molar refractivity (Wildman–Crippen MR) is 75.9 cm³/mol. The second-order valence-corrected chi connectivity index (χ2v) is 6.61. The van der Waals surface area contributed by atoms with Gasteiger partial charge in [-0.3, -0.25) is 4.79 Å². The highest BCUT2D eigenvalue weighted by Crippen LogP contribution is 2.30. The maximum atomic E-state index is 14.0. The number of carbonyl (C=O) groups is 1. The number of nitrogens with zero attached hydrogens (tertiary/aromatic N) is 1. The van der Waals surface area contributed by atoms with E-state index in [-0.39, 0.29) is 18.8 Å². The van der Waals surface area contributed by atoms with E-state index in [1.54, 1.807) is 0 Å². The van der Waals surface area contributed by atoms with E-state index in [1.807, 2.05) is 27.7 Å². The predicted octanol–water partition coefficient (Wildman–Crippen LogP) is 2.58. The average molecular weight is 298 g/mol. The molecule has 2 rings (SSSR count). The Bertz CT molecular complexity index is 569. The van der Waals surface area contributed by atoms with Gasteiger partial charge in [-0.25, -0.2) is 8.78 Å². The van der Waals surface area contributed by atoms with Gasteiger partial charge >= 0.3 is 0 Å². The van der Waals surface area contributed by atoms with Crippen molar-refractivity contribution in [2.45, 2.75) is 38.9 Å². The number of morpholine rings is 1. The number of hydrogen-bond donors (Lipinski definition) is 1. The summed E-state index contributed by atoms with van der Waals surface area (Å²) in [7, 11) is 0. The van der Waals surface area contributed by atoms with Gasteiger partial charge in [0.2, 0.25) is 0 Å². The third kappa shape index (κ3) is 3.15. The Morgan fingerprint density at radius 2 is 1.71 bits per heavy atom. The zero-order valence-corrected chi connectivity index (χ0v) is 12.7. The number of benzene rings is 1. The first-order valence-corrected chi connectivity index (χ1v) is 6.75. The van der Waals surface area contributed by atoms with Crippen molar-refractivity contribution in [3.63, 3.8) is 0 Å². The molecule has 0 spiro atoms. The highest BCUT2D eigenvalue weighted by molar-refractivity contribution is 5.96. The van der Waals surface area contributed by atoms with Crippen molar-refractivity contribution in [1.82, 2.24) is 4.90 Å². The fourth-order valence-corrected chi connectivity index (χ4v) is 2.85. The maximum absolute atomic E-state index is 14.0. The van der Waals surface area contributed by atoms with Crippen LogP contribution in [0, 0.1) is 11.6 Å². The lowest BCUT2D eigenvalue weighted by molar-refractivity contribution is -0.171. The molecule has 0 aliphatic carbocycles. The van der Waals surface area contributed by atoms with E-state index in [0.29, 0.717) is 0 Å². The van der Waals surface area contributed by atoms with Gasteiger partial charge in [-0.15, -0.1) is 0 Å². The summed E-state index contributed by atoms with van der Waals surface area (Å²) in [6.45, 7) is 7.84. The molecule has 1 heterocycles. The molecule has 0 radical (unpaired) electrons.